The molecule has 0 radical (unpaired) electrons. The smallest absolute Gasteiger partial charge is 0.244 e. The van der Waals surface area contributed by atoms with Crippen LogP contribution in [0.15, 0.2) is 54.6 Å². The van der Waals surface area contributed by atoms with Crippen LogP contribution in [0, 0.1) is 6.92 Å². The van der Waals surface area contributed by atoms with Crippen molar-refractivity contribution in [2.24, 2.45) is 0 Å². The molecule has 0 spiro atoms. The Kier molecular flexibility index (Phi) is 8.83. The van der Waals surface area contributed by atoms with Crippen molar-refractivity contribution in [1.29, 1.82) is 0 Å². The van der Waals surface area contributed by atoms with Crippen LogP contribution < -0.4 is 9.62 Å². The summed E-state index contributed by atoms with van der Waals surface area (Å²) in [6, 6.07) is 15.5. The summed E-state index contributed by atoms with van der Waals surface area (Å²) >= 11 is 0. The van der Waals surface area contributed by atoms with Crippen LogP contribution in [0.2, 0.25) is 0 Å². The molecule has 1 atom stereocenters. The fraction of sp³-hybridized carbons (Fsp3) is 0.417. The summed E-state index contributed by atoms with van der Waals surface area (Å²) < 4.78 is 26.2. The van der Waals surface area contributed by atoms with E-state index in [-0.39, 0.29) is 25.0 Å². The van der Waals surface area contributed by atoms with Gasteiger partial charge >= 0.3 is 0 Å². The third-order valence-electron chi connectivity index (χ3n) is 4.98. The molecule has 0 fully saturated rings. The molecule has 0 unspecified atom stereocenters. The number of aryl methyl sites for hydroxylation is 1. The zero-order chi connectivity index (χ0) is 23.9. The second kappa shape index (κ2) is 11.1. The maximum absolute atomic E-state index is 13.5. The van der Waals surface area contributed by atoms with E-state index in [1.54, 1.807) is 18.2 Å². The van der Waals surface area contributed by atoms with Crippen molar-refractivity contribution in [1.82, 2.24) is 10.2 Å². The largest absolute Gasteiger partial charge is 0.352 e. The first kappa shape index (κ1) is 25.4. The minimum Gasteiger partial charge on any atom is -0.352 e. The molecular weight excluding hydrogens is 426 g/mol. The Bertz CT molecular complexity index is 1020. The zero-order valence-corrected chi connectivity index (χ0v) is 20.2. The van der Waals surface area contributed by atoms with E-state index in [1.165, 1.54) is 4.90 Å². The van der Waals surface area contributed by atoms with Crippen molar-refractivity contribution in [2.75, 3.05) is 17.1 Å². The van der Waals surface area contributed by atoms with Gasteiger partial charge in [0.15, 0.2) is 0 Å². The highest BCUT2D eigenvalue weighted by atomic mass is 32.2. The molecule has 2 amide bonds. The van der Waals surface area contributed by atoms with E-state index in [0.29, 0.717) is 12.1 Å². The van der Waals surface area contributed by atoms with Crippen LogP contribution in [-0.4, -0.2) is 50.0 Å². The molecule has 0 aliphatic rings. The first-order valence-electron chi connectivity index (χ1n) is 10.7. The van der Waals surface area contributed by atoms with Crippen LogP contribution >= 0.6 is 0 Å². The van der Waals surface area contributed by atoms with Gasteiger partial charge in [0.25, 0.3) is 0 Å². The molecule has 0 heterocycles. The highest BCUT2D eigenvalue weighted by Gasteiger charge is 2.31. The summed E-state index contributed by atoms with van der Waals surface area (Å²) in [5, 5.41) is 2.87. The Balaban J connectivity index is 2.41. The second-order valence-corrected chi connectivity index (χ2v) is 10.1. The number of hydrogen-bond acceptors (Lipinski definition) is 4. The highest BCUT2D eigenvalue weighted by Crippen LogP contribution is 2.20. The predicted octanol–water partition coefficient (Wildman–Crippen LogP) is 3.09. The number of sulfonamides is 1. The molecule has 7 nitrogen and oxygen atoms in total. The summed E-state index contributed by atoms with van der Waals surface area (Å²) in [4.78, 5) is 27.8. The number of nitrogens with zero attached hydrogens (tertiary/aromatic N) is 2. The van der Waals surface area contributed by atoms with Gasteiger partial charge in [-0.2, -0.15) is 0 Å². The van der Waals surface area contributed by atoms with Crippen LogP contribution in [0.25, 0.3) is 0 Å². The minimum atomic E-state index is -3.72. The Labute approximate surface area is 191 Å². The fourth-order valence-electron chi connectivity index (χ4n) is 3.48. The molecule has 0 aliphatic heterocycles. The van der Waals surface area contributed by atoms with E-state index in [4.69, 9.17) is 0 Å². The normalized spacial score (nSPS) is 12.3. The van der Waals surface area contributed by atoms with E-state index < -0.39 is 22.0 Å². The number of nitrogens with one attached hydrogen (secondary N) is 1. The third-order valence-corrected chi connectivity index (χ3v) is 6.12. The molecule has 2 aromatic rings. The molecular formula is C24H33N3O4S. The Morgan fingerprint density at radius 1 is 1.03 bits per heavy atom. The molecule has 174 valence electrons. The maximum Gasteiger partial charge on any atom is 0.244 e. The predicted molar refractivity (Wildman–Crippen MR) is 128 cm³/mol. The van der Waals surface area contributed by atoms with Crippen molar-refractivity contribution in [2.45, 2.75) is 52.7 Å². The van der Waals surface area contributed by atoms with Crippen molar-refractivity contribution in [3.63, 3.8) is 0 Å². The third kappa shape index (κ3) is 7.09. The van der Waals surface area contributed by atoms with Gasteiger partial charge in [0.2, 0.25) is 21.8 Å². The Hall–Kier alpha value is -2.87. The molecule has 2 rings (SSSR count). The minimum absolute atomic E-state index is 0.0787. The Morgan fingerprint density at radius 2 is 1.69 bits per heavy atom. The van der Waals surface area contributed by atoms with Crippen LogP contribution in [0.4, 0.5) is 5.69 Å². The summed E-state index contributed by atoms with van der Waals surface area (Å²) in [7, 11) is -3.72. The molecule has 8 heteroatoms. The monoisotopic (exact) mass is 459 g/mol. The maximum atomic E-state index is 13.5. The molecule has 0 aliphatic carbocycles. The molecule has 0 aromatic heterocycles. The van der Waals surface area contributed by atoms with E-state index in [2.05, 4.69) is 5.32 Å². The van der Waals surface area contributed by atoms with E-state index in [1.807, 2.05) is 64.1 Å². The molecule has 2 aromatic carbocycles. The standard InChI is InChI=1S/C24H33N3O4S/c1-6-22(24(29)25-18(2)3)26(16-20-12-8-7-9-13-20)23(28)17-27(32(5,30)31)21-14-10-11-19(4)15-21/h7-15,18,22H,6,16-17H2,1-5H3,(H,25,29)/t22-/m0/s1. The summed E-state index contributed by atoms with van der Waals surface area (Å²) in [6.45, 7) is 7.23. The summed E-state index contributed by atoms with van der Waals surface area (Å²) in [5.41, 5.74) is 2.16. The number of carbonyl (C=O) groups is 2. The van der Waals surface area contributed by atoms with Gasteiger partial charge in [-0.25, -0.2) is 8.42 Å². The van der Waals surface area contributed by atoms with Crippen molar-refractivity contribution in [3.8, 4) is 0 Å². The van der Waals surface area contributed by atoms with E-state index in [0.717, 1.165) is 21.7 Å². The zero-order valence-electron chi connectivity index (χ0n) is 19.4. The molecule has 0 bridgehead atoms. The Morgan fingerprint density at radius 3 is 2.22 bits per heavy atom. The van der Waals surface area contributed by atoms with Gasteiger partial charge in [0, 0.05) is 12.6 Å². The number of carbonyl (C=O) groups excluding carboxylic acids is 2. The summed E-state index contributed by atoms with van der Waals surface area (Å²) in [5.74, 6) is -0.695. The summed E-state index contributed by atoms with van der Waals surface area (Å²) in [6.07, 6.45) is 1.48. The number of hydrogen-bond donors (Lipinski definition) is 1. The van der Waals surface area contributed by atoms with Gasteiger partial charge in [-0.3, -0.25) is 13.9 Å². The lowest BCUT2D eigenvalue weighted by Gasteiger charge is -2.33. The van der Waals surface area contributed by atoms with Crippen molar-refractivity contribution < 1.29 is 18.0 Å². The quantitative estimate of drug-likeness (QED) is 0.592. The number of anilines is 1. The number of amides is 2. The van der Waals surface area contributed by atoms with Crippen molar-refractivity contribution >= 4 is 27.5 Å². The number of benzene rings is 2. The first-order chi connectivity index (χ1) is 15.0. The fourth-order valence-corrected chi connectivity index (χ4v) is 4.32. The topological polar surface area (TPSA) is 86.8 Å². The highest BCUT2D eigenvalue weighted by molar-refractivity contribution is 7.92. The van der Waals surface area contributed by atoms with Crippen LogP contribution in [0.3, 0.4) is 0 Å². The van der Waals surface area contributed by atoms with Gasteiger partial charge in [-0.05, 0) is 50.5 Å². The van der Waals surface area contributed by atoms with Gasteiger partial charge in [-0.1, -0.05) is 49.4 Å². The molecule has 32 heavy (non-hydrogen) atoms. The molecule has 0 saturated carbocycles. The average molecular weight is 460 g/mol. The van der Waals surface area contributed by atoms with Gasteiger partial charge in [0.1, 0.15) is 12.6 Å². The van der Waals surface area contributed by atoms with E-state index >= 15 is 0 Å². The second-order valence-electron chi connectivity index (χ2n) is 8.20. The van der Waals surface area contributed by atoms with Crippen LogP contribution in [0.5, 0.6) is 0 Å². The lowest BCUT2D eigenvalue weighted by molar-refractivity contribution is -0.140. The van der Waals surface area contributed by atoms with Crippen molar-refractivity contribution in [3.05, 3.63) is 65.7 Å². The lowest BCUT2D eigenvalue weighted by Crippen LogP contribution is -2.53. The lowest BCUT2D eigenvalue weighted by atomic mass is 10.1. The number of rotatable bonds is 10. The van der Waals surface area contributed by atoms with Gasteiger partial charge in [0.05, 0.1) is 11.9 Å². The molecule has 1 N–H and O–H groups in total. The SMILES string of the molecule is CC[C@@H](C(=O)NC(C)C)N(Cc1ccccc1)C(=O)CN(c1cccc(C)c1)S(C)(=O)=O. The van der Waals surface area contributed by atoms with Crippen LogP contribution in [-0.2, 0) is 26.2 Å². The van der Waals surface area contributed by atoms with Gasteiger partial charge < -0.3 is 10.2 Å². The molecule has 0 saturated heterocycles. The van der Waals surface area contributed by atoms with Crippen LogP contribution in [0.1, 0.15) is 38.3 Å². The average Bonchev–Trinajstić information content (AvgIpc) is 2.71. The van der Waals surface area contributed by atoms with E-state index in [9.17, 15) is 18.0 Å². The first-order valence-corrected chi connectivity index (χ1v) is 12.6. The van der Waals surface area contributed by atoms with Gasteiger partial charge in [-0.15, -0.1) is 0 Å².